The van der Waals surface area contributed by atoms with Gasteiger partial charge in [-0.15, -0.1) is 0 Å². The number of aliphatic hydroxyl groups excluding tert-OH is 12. The molecular weight excluding hydrogens is 416 g/mol. The number of aldehydes is 2. The van der Waals surface area contributed by atoms with Gasteiger partial charge < -0.3 is 70.9 Å². The van der Waals surface area contributed by atoms with Gasteiger partial charge in [0.15, 0.2) is 12.6 Å². The molecule has 0 heterocycles. The van der Waals surface area contributed by atoms with Crippen molar-refractivity contribution in [1.29, 1.82) is 0 Å². The quantitative estimate of drug-likeness (QED) is 0.137. The summed E-state index contributed by atoms with van der Waals surface area (Å²) in [7, 11) is 0. The molecule has 0 saturated carbocycles. The maximum atomic E-state index is 9.87. The Kier molecular flexibility index (Phi) is 29.2. The molecule has 184 valence electrons. The summed E-state index contributed by atoms with van der Waals surface area (Å²) in [6.07, 6.45) is -11.5. The maximum absolute atomic E-state index is 9.87. The van der Waals surface area contributed by atoms with Crippen LogP contribution in [-0.4, -0.2) is 149 Å². The summed E-state index contributed by atoms with van der Waals surface area (Å²) in [6, 6.07) is 0. The Balaban J connectivity index is -0.000000164. The number of aliphatic hydroxyl groups is 12. The third kappa shape index (κ3) is 21.6. The van der Waals surface area contributed by atoms with Crippen molar-refractivity contribution < 1.29 is 70.9 Å². The van der Waals surface area contributed by atoms with Gasteiger partial charge in [0.25, 0.3) is 0 Å². The highest BCUT2D eigenvalue weighted by atomic mass is 16.4. The topological polar surface area (TPSA) is 277 Å². The van der Waals surface area contributed by atoms with Gasteiger partial charge in [-0.05, 0) is 13.8 Å². The molecule has 14 heteroatoms. The van der Waals surface area contributed by atoms with Crippen molar-refractivity contribution in [3.05, 3.63) is 0 Å². The molecule has 0 aliphatic heterocycles. The molecule has 0 radical (unpaired) electrons. The Bertz CT molecular complexity index is 366. The molecule has 0 aromatic rings. The molecule has 0 aromatic carbocycles. The molecule has 0 aliphatic carbocycles. The van der Waals surface area contributed by atoms with E-state index in [2.05, 4.69) is 0 Å². The predicted molar refractivity (Wildman–Crippen MR) is 99.9 cm³/mol. The molecule has 30 heavy (non-hydrogen) atoms. The zero-order chi connectivity index (χ0) is 24.9. The summed E-state index contributed by atoms with van der Waals surface area (Å²) in [5.74, 6) is 0. The Morgan fingerprint density at radius 2 is 0.967 bits per heavy atom. The Labute approximate surface area is 173 Å². The van der Waals surface area contributed by atoms with Crippen LogP contribution in [0, 0.1) is 0 Å². The smallest absolute Gasteiger partial charge is 0.151 e. The highest BCUT2D eigenvalue weighted by Gasteiger charge is 2.27. The summed E-state index contributed by atoms with van der Waals surface area (Å²) in [5, 5.41) is 101. The van der Waals surface area contributed by atoms with Gasteiger partial charge in [-0.25, -0.2) is 0 Å². The van der Waals surface area contributed by atoms with E-state index in [0.717, 1.165) is 0 Å². The van der Waals surface area contributed by atoms with Crippen molar-refractivity contribution in [3.63, 3.8) is 0 Å². The van der Waals surface area contributed by atoms with E-state index in [1.54, 1.807) is 6.92 Å². The molecule has 0 saturated heterocycles. The molecule has 0 fully saturated rings. The monoisotopic (exact) mass is 452 g/mol. The average Bonchev–Trinajstić information content (AvgIpc) is 2.76. The highest BCUT2D eigenvalue weighted by Crippen LogP contribution is 2.02. The molecule has 14 nitrogen and oxygen atoms in total. The minimum absolute atomic E-state index is 0.0869. The van der Waals surface area contributed by atoms with E-state index in [0.29, 0.717) is 0 Å². The third-order valence-corrected chi connectivity index (χ3v) is 2.83. The van der Waals surface area contributed by atoms with E-state index in [9.17, 15) is 9.59 Å². The van der Waals surface area contributed by atoms with Crippen molar-refractivity contribution in [2.75, 3.05) is 26.4 Å². The van der Waals surface area contributed by atoms with Crippen LogP contribution in [0.3, 0.4) is 0 Å². The first-order valence-corrected chi connectivity index (χ1v) is 8.64. The fraction of sp³-hybridized carbons (Fsp3) is 0.875. The van der Waals surface area contributed by atoms with E-state index < -0.39 is 55.4 Å². The second-order valence-corrected chi connectivity index (χ2v) is 5.55. The van der Waals surface area contributed by atoms with Gasteiger partial charge in [0.05, 0.1) is 25.9 Å². The summed E-state index contributed by atoms with van der Waals surface area (Å²) in [6.45, 7) is 1.75. The van der Waals surface area contributed by atoms with Gasteiger partial charge in [0, 0.05) is 6.61 Å². The first-order chi connectivity index (χ1) is 13.9. The van der Waals surface area contributed by atoms with Crippen molar-refractivity contribution in [2.45, 2.75) is 62.7 Å². The van der Waals surface area contributed by atoms with Gasteiger partial charge in [-0.1, -0.05) is 0 Å². The number of carbonyl (C=O) groups is 2. The summed E-state index contributed by atoms with van der Waals surface area (Å²) < 4.78 is 0. The number of rotatable bonds is 10. The summed E-state index contributed by atoms with van der Waals surface area (Å²) >= 11 is 0. The molecule has 0 rings (SSSR count). The fourth-order valence-electron chi connectivity index (χ4n) is 1.04. The van der Waals surface area contributed by atoms with Crippen LogP contribution in [-0.2, 0) is 9.59 Å². The molecule has 0 aliphatic rings. The molecule has 0 unspecified atom stereocenters. The Morgan fingerprint density at radius 1 is 0.633 bits per heavy atom. The Morgan fingerprint density at radius 3 is 1.17 bits per heavy atom. The van der Waals surface area contributed by atoms with Crippen LogP contribution in [0.2, 0.25) is 0 Å². The van der Waals surface area contributed by atoms with E-state index >= 15 is 0 Å². The van der Waals surface area contributed by atoms with Crippen LogP contribution < -0.4 is 0 Å². The number of hydrogen-bond donors (Lipinski definition) is 12. The van der Waals surface area contributed by atoms with Crippen LogP contribution >= 0.6 is 0 Å². The second-order valence-electron chi connectivity index (χ2n) is 5.55. The number of carbonyl (C=O) groups excluding carboxylic acids is 2. The maximum Gasteiger partial charge on any atom is 0.151 e. The molecule has 7 atom stereocenters. The van der Waals surface area contributed by atoms with Crippen LogP contribution in [0.5, 0.6) is 0 Å². The van der Waals surface area contributed by atoms with Crippen LogP contribution in [0.4, 0.5) is 0 Å². The lowest BCUT2D eigenvalue weighted by molar-refractivity contribution is -0.132. The minimum atomic E-state index is -1.65. The van der Waals surface area contributed by atoms with Gasteiger partial charge in [-0.3, -0.25) is 0 Å². The average molecular weight is 452 g/mol. The van der Waals surface area contributed by atoms with Crippen molar-refractivity contribution in [2.24, 2.45) is 0 Å². The number of hydrogen-bond acceptors (Lipinski definition) is 14. The molecule has 0 aromatic heterocycles. The lowest BCUT2D eigenvalue weighted by atomic mass is 10.1. The van der Waals surface area contributed by atoms with Gasteiger partial charge in [0.1, 0.15) is 42.7 Å². The highest BCUT2D eigenvalue weighted by molar-refractivity contribution is 5.57. The van der Waals surface area contributed by atoms with Crippen molar-refractivity contribution >= 4 is 12.6 Å². The van der Waals surface area contributed by atoms with Crippen LogP contribution in [0.15, 0.2) is 0 Å². The molecule has 0 bridgehead atoms. The van der Waals surface area contributed by atoms with Gasteiger partial charge in [0.2, 0.25) is 0 Å². The zero-order valence-corrected chi connectivity index (χ0v) is 16.8. The summed E-state index contributed by atoms with van der Waals surface area (Å²) in [4.78, 5) is 19.6. The van der Waals surface area contributed by atoms with E-state index in [4.69, 9.17) is 61.3 Å². The van der Waals surface area contributed by atoms with Gasteiger partial charge >= 0.3 is 0 Å². The first kappa shape index (κ1) is 36.2. The lowest BCUT2D eigenvalue weighted by Gasteiger charge is -2.21. The predicted octanol–water partition coefficient (Wildman–Crippen LogP) is -6.76. The van der Waals surface area contributed by atoms with Gasteiger partial charge in [-0.2, -0.15) is 0 Å². The third-order valence-electron chi connectivity index (χ3n) is 2.83. The molecule has 12 N–H and O–H groups in total. The van der Waals surface area contributed by atoms with Crippen LogP contribution in [0.1, 0.15) is 13.8 Å². The fourth-order valence-corrected chi connectivity index (χ4v) is 1.04. The second kappa shape index (κ2) is 24.1. The van der Waals surface area contributed by atoms with E-state index in [-0.39, 0.29) is 32.4 Å². The van der Waals surface area contributed by atoms with Crippen LogP contribution in [0.25, 0.3) is 0 Å². The van der Waals surface area contributed by atoms with Crippen molar-refractivity contribution in [1.82, 2.24) is 0 Å². The SMILES string of the molecule is CCO.C[C@H](O)[C@H](O)[C@@H](O)[C@@H](O)C=O.O=C[C@H](O)[C@H](O)[C@H](O)CO.OCC(O)CO. The van der Waals surface area contributed by atoms with Crippen molar-refractivity contribution in [3.8, 4) is 0 Å². The Hall–Kier alpha value is -1.14. The normalized spacial score (nSPS) is 17.2. The standard InChI is InChI=1S/C6H12O5.C5H10O5.C3H8O3.C2H6O/c1-3(8)5(10)6(11)4(9)2-7;6-1-3(8)5(10)4(9)2-7;4-1-3(6)2-5;1-2-3/h2-6,8-11H,1H3;1,3-5,7-10H,2H2;3-6H,1-2H2;3H,2H2,1H3/t3-,4-,5-,6-;3-,4+,5-;;/m00../s1. The first-order valence-electron chi connectivity index (χ1n) is 8.64. The zero-order valence-electron chi connectivity index (χ0n) is 16.8. The lowest BCUT2D eigenvalue weighted by Crippen LogP contribution is -2.43. The summed E-state index contributed by atoms with van der Waals surface area (Å²) in [5.41, 5.74) is 0. The molecular formula is C16H36O14. The van der Waals surface area contributed by atoms with E-state index in [1.165, 1.54) is 6.92 Å². The van der Waals surface area contributed by atoms with E-state index in [1.807, 2.05) is 0 Å². The molecule has 0 spiro atoms. The largest absolute Gasteiger partial charge is 0.397 e. The molecule has 0 amide bonds. The minimum Gasteiger partial charge on any atom is -0.397 e.